The standard InChI is InChI=1S/C23H27N3O4/c1-2-17-7-3-4-8-18(17)24-22(27)15-25-11-13-26(14-12-25)23(28)21-16-29-19-9-5-6-10-20(19)30-21/h3-10,21H,2,11-16H2,1H3,(H,24,27)/p+1/t21-/m1/s1. The summed E-state index contributed by atoms with van der Waals surface area (Å²) in [7, 11) is 0. The van der Waals surface area contributed by atoms with Crippen LogP contribution in [-0.2, 0) is 16.0 Å². The Morgan fingerprint density at radius 3 is 2.53 bits per heavy atom. The number of amides is 2. The molecule has 2 aromatic rings. The molecule has 158 valence electrons. The predicted octanol–water partition coefficient (Wildman–Crippen LogP) is 0.755. The number of benzene rings is 2. The summed E-state index contributed by atoms with van der Waals surface area (Å²) in [5.41, 5.74) is 2.01. The van der Waals surface area contributed by atoms with Crippen molar-refractivity contribution >= 4 is 17.5 Å². The Bertz CT molecular complexity index is 909. The predicted molar refractivity (Wildman–Crippen MR) is 113 cm³/mol. The van der Waals surface area contributed by atoms with Gasteiger partial charge in [0.15, 0.2) is 18.0 Å². The zero-order valence-electron chi connectivity index (χ0n) is 17.2. The highest BCUT2D eigenvalue weighted by Gasteiger charge is 2.34. The van der Waals surface area contributed by atoms with Gasteiger partial charge in [-0.15, -0.1) is 0 Å². The van der Waals surface area contributed by atoms with Crippen LogP contribution in [-0.4, -0.2) is 62.1 Å². The molecule has 1 fully saturated rings. The van der Waals surface area contributed by atoms with Crippen molar-refractivity contribution in [1.29, 1.82) is 0 Å². The zero-order chi connectivity index (χ0) is 20.9. The summed E-state index contributed by atoms with van der Waals surface area (Å²) in [6.45, 7) is 5.38. The molecule has 7 nitrogen and oxygen atoms in total. The highest BCUT2D eigenvalue weighted by atomic mass is 16.6. The van der Waals surface area contributed by atoms with Crippen LogP contribution in [0.3, 0.4) is 0 Å². The summed E-state index contributed by atoms with van der Waals surface area (Å²) >= 11 is 0. The summed E-state index contributed by atoms with van der Waals surface area (Å²) < 4.78 is 11.5. The number of nitrogens with one attached hydrogen (secondary N) is 2. The second kappa shape index (κ2) is 9.17. The molecular formula is C23H28N3O4+. The summed E-state index contributed by atoms with van der Waals surface area (Å²) in [6, 6.07) is 15.3. The average Bonchev–Trinajstić information content (AvgIpc) is 2.79. The molecule has 0 spiro atoms. The van der Waals surface area contributed by atoms with E-state index in [2.05, 4.69) is 12.2 Å². The number of quaternary nitrogens is 1. The molecule has 30 heavy (non-hydrogen) atoms. The van der Waals surface area contributed by atoms with Gasteiger partial charge in [-0.25, -0.2) is 0 Å². The topological polar surface area (TPSA) is 72.3 Å². The highest BCUT2D eigenvalue weighted by Crippen LogP contribution is 2.31. The number of ether oxygens (including phenoxy) is 2. The van der Waals surface area contributed by atoms with E-state index in [1.807, 2.05) is 53.4 Å². The Morgan fingerprint density at radius 2 is 1.77 bits per heavy atom. The Labute approximate surface area is 176 Å². The molecule has 0 saturated carbocycles. The number of aryl methyl sites for hydroxylation is 1. The first-order chi connectivity index (χ1) is 14.6. The van der Waals surface area contributed by atoms with Crippen molar-refractivity contribution in [2.24, 2.45) is 0 Å². The minimum atomic E-state index is -0.615. The lowest BCUT2D eigenvalue weighted by Crippen LogP contribution is -3.15. The first-order valence-corrected chi connectivity index (χ1v) is 10.5. The van der Waals surface area contributed by atoms with Gasteiger partial charge in [-0.1, -0.05) is 37.3 Å². The van der Waals surface area contributed by atoms with Crippen LogP contribution in [0.25, 0.3) is 0 Å². The Kier molecular flexibility index (Phi) is 6.18. The normalized spacial score (nSPS) is 18.7. The molecule has 4 rings (SSSR count). The number of carbonyl (C=O) groups excluding carboxylic acids is 2. The monoisotopic (exact) mass is 410 g/mol. The molecule has 1 atom stereocenters. The van der Waals surface area contributed by atoms with Crippen molar-refractivity contribution in [2.75, 3.05) is 44.6 Å². The van der Waals surface area contributed by atoms with Gasteiger partial charge in [-0.05, 0) is 30.2 Å². The van der Waals surface area contributed by atoms with Crippen LogP contribution in [0.2, 0.25) is 0 Å². The van der Waals surface area contributed by atoms with E-state index < -0.39 is 6.10 Å². The average molecular weight is 410 g/mol. The van der Waals surface area contributed by atoms with Crippen molar-refractivity contribution in [3.63, 3.8) is 0 Å². The third-order valence-electron chi connectivity index (χ3n) is 5.65. The van der Waals surface area contributed by atoms with Gasteiger partial charge in [0.25, 0.3) is 11.8 Å². The van der Waals surface area contributed by atoms with Gasteiger partial charge in [0, 0.05) is 5.69 Å². The molecule has 0 radical (unpaired) electrons. The molecule has 1 saturated heterocycles. The first kappa shape index (κ1) is 20.2. The molecule has 2 amide bonds. The third kappa shape index (κ3) is 4.57. The van der Waals surface area contributed by atoms with Gasteiger partial charge in [0.1, 0.15) is 6.61 Å². The number of fused-ring (bicyclic) bond motifs is 1. The quantitative estimate of drug-likeness (QED) is 0.763. The van der Waals surface area contributed by atoms with E-state index in [1.54, 1.807) is 0 Å². The molecule has 2 heterocycles. The number of nitrogens with zero attached hydrogens (tertiary/aromatic N) is 1. The van der Waals surface area contributed by atoms with E-state index >= 15 is 0 Å². The minimum Gasteiger partial charge on any atom is -0.485 e. The number of hydrogen-bond acceptors (Lipinski definition) is 4. The SMILES string of the molecule is CCc1ccccc1NC(=O)C[NH+]1CCN(C(=O)[C@H]2COc3ccccc3O2)CC1. The van der Waals surface area contributed by atoms with Crippen molar-refractivity contribution in [2.45, 2.75) is 19.4 Å². The maximum atomic E-state index is 12.8. The molecule has 2 N–H and O–H groups in total. The van der Waals surface area contributed by atoms with E-state index in [4.69, 9.17) is 9.47 Å². The largest absolute Gasteiger partial charge is 0.485 e. The number of piperazine rings is 1. The van der Waals surface area contributed by atoms with Gasteiger partial charge in [0.2, 0.25) is 6.10 Å². The molecule has 2 aliphatic rings. The molecule has 0 bridgehead atoms. The second-order valence-electron chi connectivity index (χ2n) is 7.68. The smallest absolute Gasteiger partial charge is 0.279 e. The lowest BCUT2D eigenvalue weighted by molar-refractivity contribution is -0.895. The van der Waals surface area contributed by atoms with Crippen molar-refractivity contribution in [3.05, 3.63) is 54.1 Å². The fourth-order valence-electron chi connectivity index (χ4n) is 3.94. The molecular weight excluding hydrogens is 382 g/mol. The molecule has 0 unspecified atom stereocenters. The zero-order valence-corrected chi connectivity index (χ0v) is 17.2. The van der Waals surface area contributed by atoms with E-state index in [1.165, 1.54) is 4.90 Å². The van der Waals surface area contributed by atoms with Crippen molar-refractivity contribution < 1.29 is 24.0 Å². The molecule has 0 aromatic heterocycles. The van der Waals surface area contributed by atoms with Gasteiger partial charge < -0.3 is 24.6 Å². The second-order valence-corrected chi connectivity index (χ2v) is 7.68. The van der Waals surface area contributed by atoms with Gasteiger partial charge in [-0.2, -0.15) is 0 Å². The van der Waals surface area contributed by atoms with Gasteiger partial charge in [0.05, 0.1) is 26.2 Å². The van der Waals surface area contributed by atoms with Crippen LogP contribution in [0.4, 0.5) is 5.69 Å². The van der Waals surface area contributed by atoms with Crippen LogP contribution in [0, 0.1) is 0 Å². The maximum Gasteiger partial charge on any atom is 0.279 e. The lowest BCUT2D eigenvalue weighted by Gasteiger charge is -2.35. The highest BCUT2D eigenvalue weighted by molar-refractivity contribution is 5.92. The van der Waals surface area contributed by atoms with Crippen LogP contribution in [0.1, 0.15) is 12.5 Å². The molecule has 7 heteroatoms. The van der Waals surface area contributed by atoms with Crippen LogP contribution in [0.15, 0.2) is 48.5 Å². The maximum absolute atomic E-state index is 12.8. The van der Waals surface area contributed by atoms with Crippen LogP contribution in [0.5, 0.6) is 11.5 Å². The van der Waals surface area contributed by atoms with E-state index in [0.717, 1.165) is 30.8 Å². The fraction of sp³-hybridized carbons (Fsp3) is 0.391. The van der Waals surface area contributed by atoms with E-state index in [0.29, 0.717) is 31.1 Å². The lowest BCUT2D eigenvalue weighted by atomic mass is 10.1. The summed E-state index contributed by atoms with van der Waals surface area (Å²) in [6.07, 6.45) is 0.261. The van der Waals surface area contributed by atoms with E-state index in [-0.39, 0.29) is 18.4 Å². The van der Waals surface area contributed by atoms with Gasteiger partial charge in [-0.3, -0.25) is 9.59 Å². The minimum absolute atomic E-state index is 0.00583. The van der Waals surface area contributed by atoms with Crippen molar-refractivity contribution in [1.82, 2.24) is 4.90 Å². The Hall–Kier alpha value is -3.06. The van der Waals surface area contributed by atoms with Gasteiger partial charge >= 0.3 is 0 Å². The van der Waals surface area contributed by atoms with E-state index in [9.17, 15) is 9.59 Å². The number of hydrogen-bond donors (Lipinski definition) is 2. The summed E-state index contributed by atoms with van der Waals surface area (Å²) in [5, 5.41) is 3.03. The summed E-state index contributed by atoms with van der Waals surface area (Å²) in [4.78, 5) is 28.3. The number of anilines is 1. The Balaban J connectivity index is 1.26. The van der Waals surface area contributed by atoms with Crippen LogP contribution < -0.4 is 19.7 Å². The molecule has 0 aliphatic carbocycles. The number of para-hydroxylation sites is 3. The van der Waals surface area contributed by atoms with Crippen LogP contribution >= 0.6 is 0 Å². The summed E-state index contributed by atoms with van der Waals surface area (Å²) in [5.74, 6) is 1.23. The fourth-order valence-corrected chi connectivity index (χ4v) is 3.94. The van der Waals surface area contributed by atoms with Crippen molar-refractivity contribution in [3.8, 4) is 11.5 Å². The number of rotatable bonds is 5. The molecule has 2 aromatic carbocycles. The number of carbonyl (C=O) groups is 2. The third-order valence-corrected chi connectivity index (χ3v) is 5.65. The first-order valence-electron chi connectivity index (χ1n) is 10.5. The molecule has 2 aliphatic heterocycles. The Morgan fingerprint density at radius 1 is 1.07 bits per heavy atom.